The number of aryl methyl sites for hydroxylation is 2. The van der Waals surface area contributed by atoms with E-state index in [2.05, 4.69) is 5.32 Å². The van der Waals surface area contributed by atoms with Gasteiger partial charge in [-0.2, -0.15) is 0 Å². The van der Waals surface area contributed by atoms with Crippen molar-refractivity contribution in [1.29, 1.82) is 0 Å². The molecule has 0 fully saturated rings. The number of halogens is 2. The molecule has 0 aliphatic heterocycles. The maximum atomic E-state index is 12.3. The van der Waals surface area contributed by atoms with Crippen LogP contribution in [0.1, 0.15) is 31.9 Å². The van der Waals surface area contributed by atoms with Gasteiger partial charge in [0.2, 0.25) is 0 Å². The van der Waals surface area contributed by atoms with Gasteiger partial charge >= 0.3 is 5.97 Å². The molecule has 2 rings (SSSR count). The minimum Gasteiger partial charge on any atom is -0.477 e. The molecule has 2 aromatic carbocycles. The molecule has 28 heavy (non-hydrogen) atoms. The second kappa shape index (κ2) is 10.3. The van der Waals surface area contributed by atoms with Crippen molar-refractivity contribution in [1.82, 2.24) is 0 Å². The van der Waals surface area contributed by atoms with E-state index in [0.29, 0.717) is 10.8 Å². The van der Waals surface area contributed by atoms with Gasteiger partial charge < -0.3 is 14.8 Å². The quantitative estimate of drug-likeness (QED) is 0.602. The topological polar surface area (TPSA) is 64.6 Å². The minimum atomic E-state index is -0.930. The molecule has 0 heterocycles. The Hall–Kier alpha value is -2.24. The number of para-hydroxylation sites is 1. The van der Waals surface area contributed by atoms with Gasteiger partial charge in [0.15, 0.2) is 12.7 Å². The molecule has 0 aliphatic carbocycles. The van der Waals surface area contributed by atoms with Crippen LogP contribution >= 0.6 is 23.2 Å². The van der Waals surface area contributed by atoms with Gasteiger partial charge in [-0.3, -0.25) is 4.79 Å². The smallest absolute Gasteiger partial charge is 0.347 e. The number of hydrogen-bond donors (Lipinski definition) is 1. The van der Waals surface area contributed by atoms with E-state index in [1.165, 1.54) is 13.0 Å². The van der Waals surface area contributed by atoms with Crippen molar-refractivity contribution in [2.24, 2.45) is 0 Å². The summed E-state index contributed by atoms with van der Waals surface area (Å²) in [5, 5.41) is 3.59. The number of carbonyl (C=O) groups is 2. The molecule has 0 saturated heterocycles. The number of anilines is 1. The highest BCUT2D eigenvalue weighted by Crippen LogP contribution is 2.28. The number of ether oxygens (including phenoxy) is 2. The van der Waals surface area contributed by atoms with Gasteiger partial charge in [-0.25, -0.2) is 4.79 Å². The largest absolute Gasteiger partial charge is 0.477 e. The van der Waals surface area contributed by atoms with Crippen LogP contribution in [0.2, 0.25) is 10.0 Å². The average molecular weight is 424 g/mol. The predicted molar refractivity (Wildman–Crippen MR) is 111 cm³/mol. The first-order valence-electron chi connectivity index (χ1n) is 9.04. The van der Waals surface area contributed by atoms with Crippen molar-refractivity contribution in [3.63, 3.8) is 0 Å². The molecular weight excluding hydrogens is 401 g/mol. The van der Waals surface area contributed by atoms with Crippen LogP contribution in [0.25, 0.3) is 0 Å². The lowest BCUT2D eigenvalue weighted by Crippen LogP contribution is -2.30. The summed E-state index contributed by atoms with van der Waals surface area (Å²) in [4.78, 5) is 24.4. The van der Waals surface area contributed by atoms with E-state index in [-0.39, 0.29) is 5.02 Å². The van der Waals surface area contributed by atoms with Gasteiger partial charge in [0.05, 0.1) is 5.02 Å². The zero-order valence-corrected chi connectivity index (χ0v) is 17.6. The van der Waals surface area contributed by atoms with E-state index in [1.54, 1.807) is 12.1 Å². The number of esters is 1. The lowest BCUT2D eigenvalue weighted by atomic mass is 10.0. The van der Waals surface area contributed by atoms with Gasteiger partial charge in [0, 0.05) is 10.7 Å². The highest BCUT2D eigenvalue weighted by molar-refractivity contribution is 6.35. The Morgan fingerprint density at radius 1 is 1.07 bits per heavy atom. The summed E-state index contributed by atoms with van der Waals surface area (Å²) in [5.74, 6) is -0.759. The van der Waals surface area contributed by atoms with Crippen molar-refractivity contribution in [3.05, 3.63) is 57.6 Å². The van der Waals surface area contributed by atoms with Crippen molar-refractivity contribution in [2.75, 3.05) is 11.9 Å². The SMILES string of the molecule is CCc1cccc(CC)c1NC(=O)COC(=O)[C@H](C)Oc1ccc(Cl)cc1Cl. The van der Waals surface area contributed by atoms with Gasteiger partial charge in [0.1, 0.15) is 5.75 Å². The van der Waals surface area contributed by atoms with Crippen molar-refractivity contribution >= 4 is 40.8 Å². The lowest BCUT2D eigenvalue weighted by Gasteiger charge is -2.16. The van der Waals surface area contributed by atoms with E-state index in [9.17, 15) is 9.59 Å². The summed E-state index contributed by atoms with van der Waals surface area (Å²) >= 11 is 11.9. The highest BCUT2D eigenvalue weighted by Gasteiger charge is 2.19. The van der Waals surface area contributed by atoms with Gasteiger partial charge in [-0.05, 0) is 49.1 Å². The normalized spacial score (nSPS) is 11.6. The fourth-order valence-corrected chi connectivity index (χ4v) is 3.10. The van der Waals surface area contributed by atoms with E-state index in [0.717, 1.165) is 29.7 Å². The summed E-state index contributed by atoms with van der Waals surface area (Å²) in [5.41, 5.74) is 2.85. The Morgan fingerprint density at radius 3 is 2.29 bits per heavy atom. The molecule has 0 aliphatic rings. The third kappa shape index (κ3) is 5.88. The molecule has 1 amide bonds. The molecule has 0 radical (unpaired) electrons. The van der Waals surface area contributed by atoms with Gasteiger partial charge in [0.25, 0.3) is 5.91 Å². The molecule has 0 aromatic heterocycles. The zero-order valence-electron chi connectivity index (χ0n) is 16.1. The zero-order chi connectivity index (χ0) is 20.7. The molecule has 0 saturated carbocycles. The van der Waals surface area contributed by atoms with Crippen LogP contribution in [0.3, 0.4) is 0 Å². The maximum Gasteiger partial charge on any atom is 0.347 e. The average Bonchev–Trinajstić information content (AvgIpc) is 2.68. The Bertz CT molecular complexity index is 832. The van der Waals surface area contributed by atoms with E-state index in [1.807, 2.05) is 32.0 Å². The van der Waals surface area contributed by atoms with Crippen LogP contribution in [0.4, 0.5) is 5.69 Å². The molecular formula is C21H23Cl2NO4. The first kappa shape index (κ1) is 22.1. The fraction of sp³-hybridized carbons (Fsp3) is 0.333. The predicted octanol–water partition coefficient (Wildman–Crippen LogP) is 5.07. The van der Waals surface area contributed by atoms with Crippen molar-refractivity contribution < 1.29 is 19.1 Å². The molecule has 0 spiro atoms. The number of amides is 1. The molecule has 0 bridgehead atoms. The van der Waals surface area contributed by atoms with Crippen LogP contribution in [-0.4, -0.2) is 24.6 Å². The number of nitrogens with one attached hydrogen (secondary N) is 1. The van der Waals surface area contributed by atoms with E-state index >= 15 is 0 Å². The minimum absolute atomic E-state index is 0.285. The molecule has 2 aromatic rings. The van der Waals surface area contributed by atoms with Gasteiger partial charge in [-0.1, -0.05) is 55.2 Å². The number of carbonyl (C=O) groups excluding carboxylic acids is 2. The molecule has 1 atom stereocenters. The standard InChI is InChI=1S/C21H23Cl2NO4/c1-4-14-7-6-8-15(5-2)20(14)24-19(25)12-27-21(26)13(3)28-18-10-9-16(22)11-17(18)23/h6-11,13H,4-5,12H2,1-3H3,(H,24,25)/t13-/m0/s1. The summed E-state index contributed by atoms with van der Waals surface area (Å²) in [6.45, 7) is 5.16. The van der Waals surface area contributed by atoms with Crippen LogP contribution in [0.5, 0.6) is 5.75 Å². The van der Waals surface area contributed by atoms with E-state index in [4.69, 9.17) is 32.7 Å². The molecule has 5 nitrogen and oxygen atoms in total. The summed E-state index contributed by atoms with van der Waals surface area (Å²) in [6, 6.07) is 10.6. The maximum absolute atomic E-state index is 12.3. The first-order chi connectivity index (χ1) is 13.3. The van der Waals surface area contributed by atoms with Crippen molar-refractivity contribution in [3.8, 4) is 5.75 Å². The summed E-state index contributed by atoms with van der Waals surface area (Å²) < 4.78 is 10.6. The number of hydrogen-bond acceptors (Lipinski definition) is 4. The van der Waals surface area contributed by atoms with Crippen LogP contribution < -0.4 is 10.1 Å². The monoisotopic (exact) mass is 423 g/mol. The molecule has 1 N–H and O–H groups in total. The lowest BCUT2D eigenvalue weighted by molar-refractivity contribution is -0.153. The number of rotatable bonds is 8. The second-order valence-electron chi connectivity index (χ2n) is 6.15. The molecule has 150 valence electrons. The van der Waals surface area contributed by atoms with Crippen molar-refractivity contribution in [2.45, 2.75) is 39.7 Å². The molecule has 7 heteroatoms. The third-order valence-electron chi connectivity index (χ3n) is 4.14. The van der Waals surface area contributed by atoms with E-state index < -0.39 is 24.6 Å². The Balaban J connectivity index is 1.93. The Kier molecular flexibility index (Phi) is 8.15. The Labute approximate surface area is 174 Å². The summed E-state index contributed by atoms with van der Waals surface area (Å²) in [6.07, 6.45) is 0.645. The van der Waals surface area contributed by atoms with Crippen LogP contribution in [0.15, 0.2) is 36.4 Å². The van der Waals surface area contributed by atoms with Crippen LogP contribution in [-0.2, 0) is 27.2 Å². The third-order valence-corrected chi connectivity index (χ3v) is 4.67. The Morgan fingerprint density at radius 2 is 1.71 bits per heavy atom. The fourth-order valence-electron chi connectivity index (χ4n) is 2.64. The second-order valence-corrected chi connectivity index (χ2v) is 6.99. The van der Waals surface area contributed by atoms with Crippen LogP contribution in [0, 0.1) is 0 Å². The summed E-state index contributed by atoms with van der Waals surface area (Å²) in [7, 11) is 0. The number of benzene rings is 2. The van der Waals surface area contributed by atoms with Gasteiger partial charge in [-0.15, -0.1) is 0 Å². The highest BCUT2D eigenvalue weighted by atomic mass is 35.5. The first-order valence-corrected chi connectivity index (χ1v) is 9.80. The molecule has 0 unspecified atom stereocenters.